The standard InChI is InChI=1S/C50H67F2N11O4/c1-49(2)12-19-58(20-13-49)31-37-27-41(52)42(28-40(37)51)63-32-46(65)57-50(33-63)14-21-61(22-15-50)44-29-43(54-34-55-44)53-16-9-47(66)62-17-10-35(11-18-62)30-59-23-25-60(26-24-59)38-5-3-36(4-6-38)39-7-8-45(64)56-48(39)67/h3-6,27-29,34-35,39H,7-26,30-33H2,1-2H3,(H,57,65)(H,53,54,55)(H,56,64,67). The number of aromatic nitrogens is 2. The van der Waals surface area contributed by atoms with E-state index in [4.69, 9.17) is 0 Å². The Morgan fingerprint density at radius 3 is 2.22 bits per heavy atom. The van der Waals surface area contributed by atoms with Gasteiger partial charge in [0, 0.05) is 115 Å². The molecule has 3 N–H and O–H groups in total. The van der Waals surface area contributed by atoms with Crippen molar-refractivity contribution in [3.63, 3.8) is 0 Å². The number of nitrogens with one attached hydrogen (secondary N) is 3. The number of nitrogens with zero attached hydrogens (tertiary/aromatic N) is 8. The maximum absolute atomic E-state index is 15.7. The molecule has 67 heavy (non-hydrogen) atoms. The lowest BCUT2D eigenvalue weighted by Gasteiger charge is -2.48. The van der Waals surface area contributed by atoms with Gasteiger partial charge in [-0.2, -0.15) is 0 Å². The Hall–Kier alpha value is -5.42. The first-order chi connectivity index (χ1) is 32.3. The van der Waals surface area contributed by atoms with Gasteiger partial charge in [0.2, 0.25) is 23.6 Å². The summed E-state index contributed by atoms with van der Waals surface area (Å²) in [5.41, 5.74) is 2.28. The quantitative estimate of drug-likeness (QED) is 0.216. The molecule has 0 aliphatic carbocycles. The molecule has 360 valence electrons. The number of amides is 4. The summed E-state index contributed by atoms with van der Waals surface area (Å²) in [5.74, 6) is 0.285. The summed E-state index contributed by atoms with van der Waals surface area (Å²) in [6, 6.07) is 12.7. The molecule has 0 saturated carbocycles. The van der Waals surface area contributed by atoms with Crippen LogP contribution in [0.15, 0.2) is 48.8 Å². The van der Waals surface area contributed by atoms with Gasteiger partial charge in [-0.05, 0) is 93.1 Å². The SMILES string of the molecule is CC1(C)CCN(Cc2cc(F)c(N3CC(=O)NC4(CCN(c5cc(NCCC(=O)N6CCC(CN7CCN(c8ccc(C9CCC(=O)NC9=O)cc8)CC7)CC6)ncn5)CC4)C3)cc2F)CC1. The number of imide groups is 1. The topological polar surface area (TPSA) is 150 Å². The number of hydrogen-bond donors (Lipinski definition) is 3. The number of halogens is 2. The predicted molar refractivity (Wildman–Crippen MR) is 254 cm³/mol. The fourth-order valence-electron chi connectivity index (χ4n) is 11.0. The first kappa shape index (κ1) is 46.7. The van der Waals surface area contributed by atoms with Crippen molar-refractivity contribution in [2.75, 3.05) is 112 Å². The maximum Gasteiger partial charge on any atom is 0.240 e. The van der Waals surface area contributed by atoms with Gasteiger partial charge in [0.15, 0.2) is 0 Å². The van der Waals surface area contributed by atoms with E-state index in [1.54, 1.807) is 4.90 Å². The van der Waals surface area contributed by atoms with Crippen LogP contribution in [-0.4, -0.2) is 145 Å². The smallest absolute Gasteiger partial charge is 0.240 e. The minimum absolute atomic E-state index is 0.0284. The molecular formula is C50H67F2N11O4. The molecule has 4 amide bonds. The van der Waals surface area contributed by atoms with Crippen molar-refractivity contribution < 1.29 is 28.0 Å². The third-order valence-electron chi connectivity index (χ3n) is 15.4. The molecule has 3 aromatic rings. The van der Waals surface area contributed by atoms with E-state index < -0.39 is 17.2 Å². The zero-order valence-electron chi connectivity index (χ0n) is 39.2. The molecule has 6 aliphatic rings. The molecule has 2 aromatic carbocycles. The van der Waals surface area contributed by atoms with Crippen LogP contribution in [0.1, 0.15) is 88.7 Å². The first-order valence-corrected chi connectivity index (χ1v) is 24.5. The van der Waals surface area contributed by atoms with Gasteiger partial charge in [-0.3, -0.25) is 34.3 Å². The third kappa shape index (κ3) is 11.3. The molecule has 6 aliphatic heterocycles. The van der Waals surface area contributed by atoms with Gasteiger partial charge in [0.25, 0.3) is 0 Å². The lowest BCUT2D eigenvalue weighted by Crippen LogP contribution is -2.66. The highest BCUT2D eigenvalue weighted by Crippen LogP contribution is 2.35. The zero-order valence-corrected chi connectivity index (χ0v) is 39.2. The van der Waals surface area contributed by atoms with Gasteiger partial charge >= 0.3 is 0 Å². The Balaban J connectivity index is 0.683. The second kappa shape index (κ2) is 20.0. The summed E-state index contributed by atoms with van der Waals surface area (Å²) in [5, 5.41) is 8.97. The summed E-state index contributed by atoms with van der Waals surface area (Å²) in [4.78, 5) is 72.1. The van der Waals surface area contributed by atoms with Crippen LogP contribution in [0.5, 0.6) is 0 Å². The Morgan fingerprint density at radius 2 is 1.51 bits per heavy atom. The van der Waals surface area contributed by atoms with E-state index in [-0.39, 0.29) is 47.2 Å². The largest absolute Gasteiger partial charge is 0.369 e. The molecular weight excluding hydrogens is 857 g/mol. The average Bonchev–Trinajstić information content (AvgIpc) is 3.31. The van der Waals surface area contributed by atoms with Crippen molar-refractivity contribution in [1.82, 2.24) is 35.3 Å². The van der Waals surface area contributed by atoms with Crippen LogP contribution >= 0.6 is 0 Å². The van der Waals surface area contributed by atoms with Gasteiger partial charge in [-0.15, -0.1) is 0 Å². The van der Waals surface area contributed by atoms with Crippen molar-refractivity contribution in [2.24, 2.45) is 11.3 Å². The Bertz CT molecular complexity index is 2260. The highest BCUT2D eigenvalue weighted by molar-refractivity contribution is 6.01. The number of carbonyl (C=O) groups excluding carboxylic acids is 4. The average molecular weight is 924 g/mol. The van der Waals surface area contributed by atoms with E-state index in [1.807, 2.05) is 23.1 Å². The van der Waals surface area contributed by atoms with Crippen LogP contribution in [0.25, 0.3) is 0 Å². The molecule has 17 heteroatoms. The molecule has 1 aromatic heterocycles. The Kier molecular flexibility index (Phi) is 14.0. The van der Waals surface area contributed by atoms with E-state index in [0.29, 0.717) is 82.1 Å². The molecule has 1 unspecified atom stereocenters. The van der Waals surface area contributed by atoms with E-state index >= 15 is 8.78 Å². The summed E-state index contributed by atoms with van der Waals surface area (Å²) >= 11 is 0. The number of piperazine rings is 2. The molecule has 9 rings (SSSR count). The van der Waals surface area contributed by atoms with Gasteiger partial charge in [0.1, 0.15) is 29.6 Å². The number of piperidine rings is 4. The second-order valence-electron chi connectivity index (χ2n) is 20.7. The highest BCUT2D eigenvalue weighted by atomic mass is 19.1. The second-order valence-corrected chi connectivity index (χ2v) is 20.7. The van der Waals surface area contributed by atoms with Crippen molar-refractivity contribution in [3.05, 3.63) is 71.6 Å². The normalized spacial score (nSPS) is 23.0. The van der Waals surface area contributed by atoms with Crippen molar-refractivity contribution in [2.45, 2.75) is 89.6 Å². The molecule has 1 atom stereocenters. The number of hydrogen-bond acceptors (Lipinski definition) is 12. The Morgan fingerprint density at radius 1 is 0.776 bits per heavy atom. The van der Waals surface area contributed by atoms with E-state index in [2.05, 4.69) is 71.5 Å². The zero-order chi connectivity index (χ0) is 46.7. The summed E-state index contributed by atoms with van der Waals surface area (Å²) in [6.45, 7) is 15.1. The van der Waals surface area contributed by atoms with E-state index in [1.165, 1.54) is 18.5 Å². The van der Waals surface area contributed by atoms with Crippen LogP contribution in [0.4, 0.5) is 31.8 Å². The monoisotopic (exact) mass is 924 g/mol. The van der Waals surface area contributed by atoms with Gasteiger partial charge < -0.3 is 30.2 Å². The number of likely N-dealkylation sites (tertiary alicyclic amines) is 2. The molecule has 1 spiro atoms. The van der Waals surface area contributed by atoms with Crippen LogP contribution in [0.2, 0.25) is 0 Å². The van der Waals surface area contributed by atoms with Crippen LogP contribution in [0.3, 0.4) is 0 Å². The fraction of sp³-hybridized carbons (Fsp3) is 0.600. The van der Waals surface area contributed by atoms with E-state index in [9.17, 15) is 19.2 Å². The van der Waals surface area contributed by atoms with Crippen molar-refractivity contribution >= 4 is 46.6 Å². The van der Waals surface area contributed by atoms with Gasteiger partial charge in [-0.25, -0.2) is 18.7 Å². The molecule has 7 heterocycles. The summed E-state index contributed by atoms with van der Waals surface area (Å²) in [7, 11) is 0. The minimum Gasteiger partial charge on any atom is -0.369 e. The molecule has 15 nitrogen and oxygen atoms in total. The molecule has 6 saturated heterocycles. The first-order valence-electron chi connectivity index (χ1n) is 24.5. The number of anilines is 4. The van der Waals surface area contributed by atoms with Crippen LogP contribution in [0, 0.1) is 23.0 Å². The molecule has 0 radical (unpaired) electrons. The predicted octanol–water partition coefficient (Wildman–Crippen LogP) is 4.74. The van der Waals surface area contributed by atoms with E-state index in [0.717, 1.165) is 102 Å². The lowest BCUT2D eigenvalue weighted by molar-refractivity contribution is -0.134. The Labute approximate surface area is 393 Å². The number of carbonyl (C=O) groups is 4. The number of benzene rings is 2. The molecule has 0 bridgehead atoms. The number of rotatable bonds is 12. The van der Waals surface area contributed by atoms with Gasteiger partial charge in [0.05, 0.1) is 23.7 Å². The van der Waals surface area contributed by atoms with Crippen molar-refractivity contribution in [3.8, 4) is 0 Å². The molecule has 6 fully saturated rings. The highest BCUT2D eigenvalue weighted by Gasteiger charge is 2.42. The third-order valence-corrected chi connectivity index (χ3v) is 15.4. The van der Waals surface area contributed by atoms with Gasteiger partial charge in [-0.1, -0.05) is 26.0 Å². The minimum atomic E-state index is -0.578. The summed E-state index contributed by atoms with van der Waals surface area (Å²) < 4.78 is 31.2. The maximum atomic E-state index is 15.7. The summed E-state index contributed by atoms with van der Waals surface area (Å²) in [6.07, 6.45) is 8.09. The lowest BCUT2D eigenvalue weighted by atomic mass is 9.82. The van der Waals surface area contributed by atoms with Crippen LogP contribution < -0.4 is 30.7 Å². The van der Waals surface area contributed by atoms with Crippen LogP contribution in [-0.2, 0) is 25.7 Å². The fourth-order valence-corrected chi connectivity index (χ4v) is 11.0. The van der Waals surface area contributed by atoms with Crippen molar-refractivity contribution in [1.29, 1.82) is 0 Å².